The normalized spacial score (nSPS) is 42.6. The summed E-state index contributed by atoms with van der Waals surface area (Å²) in [5.74, 6) is 4.55. The maximum Gasteiger partial charge on any atom is 0.303 e. The number of Topliss-reactive ketones (excluding diaryl/α,β-unsaturated/α-hetero) is 1. The number of ketones is 1. The quantitative estimate of drug-likeness (QED) is 0.470. The Bertz CT molecular complexity index is 753. The van der Waals surface area contributed by atoms with Gasteiger partial charge in [-0.1, -0.05) is 20.8 Å². The summed E-state index contributed by atoms with van der Waals surface area (Å²) in [6, 6.07) is 0. The Morgan fingerprint density at radius 2 is 1.76 bits per heavy atom. The van der Waals surface area contributed by atoms with Crippen LogP contribution in [0, 0.1) is 46.3 Å². The number of carbonyl (C=O) groups is 2. The van der Waals surface area contributed by atoms with Crippen molar-refractivity contribution in [1.82, 2.24) is 0 Å². The molecule has 4 heteroatoms. The highest BCUT2D eigenvalue weighted by molar-refractivity contribution is 5.79. The van der Waals surface area contributed by atoms with Crippen LogP contribution in [0.25, 0.3) is 0 Å². The first kappa shape index (κ1) is 25.2. The van der Waals surface area contributed by atoms with Crippen molar-refractivity contribution in [2.75, 3.05) is 0 Å². The van der Waals surface area contributed by atoms with Crippen LogP contribution >= 0.6 is 0 Å². The number of esters is 1. The summed E-state index contributed by atoms with van der Waals surface area (Å²) in [4.78, 5) is 23.7. The van der Waals surface area contributed by atoms with E-state index in [1.165, 1.54) is 45.4 Å². The van der Waals surface area contributed by atoms with E-state index in [2.05, 4.69) is 20.8 Å². The lowest BCUT2D eigenvalue weighted by atomic mass is 9.44. The van der Waals surface area contributed by atoms with E-state index in [9.17, 15) is 14.7 Å². The Kier molecular flexibility index (Phi) is 6.84. The molecule has 0 unspecified atom stereocenters. The van der Waals surface area contributed by atoms with Gasteiger partial charge in [0.1, 0.15) is 11.9 Å². The Morgan fingerprint density at radius 3 is 2.42 bits per heavy atom. The van der Waals surface area contributed by atoms with Gasteiger partial charge in [-0.15, -0.1) is 0 Å². The van der Waals surface area contributed by atoms with Crippen LogP contribution in [0.15, 0.2) is 0 Å². The summed E-state index contributed by atoms with van der Waals surface area (Å²) in [5, 5.41) is 10.5. The van der Waals surface area contributed by atoms with Gasteiger partial charge in [0, 0.05) is 19.8 Å². The second-order valence-electron chi connectivity index (χ2n) is 13.4. The van der Waals surface area contributed by atoms with E-state index in [-0.39, 0.29) is 5.97 Å². The fourth-order valence-corrected chi connectivity index (χ4v) is 9.39. The fraction of sp³-hybridized carbons (Fsp3) is 0.931. The highest BCUT2D eigenvalue weighted by Crippen LogP contribution is 2.68. The van der Waals surface area contributed by atoms with Gasteiger partial charge < -0.3 is 9.84 Å². The summed E-state index contributed by atoms with van der Waals surface area (Å²) in [7, 11) is 0. The van der Waals surface area contributed by atoms with Crippen LogP contribution in [0.1, 0.15) is 112 Å². The van der Waals surface area contributed by atoms with Crippen molar-refractivity contribution in [3.05, 3.63) is 0 Å². The predicted molar refractivity (Wildman–Crippen MR) is 130 cm³/mol. The molecular weight excluding hydrogens is 412 g/mol. The van der Waals surface area contributed by atoms with Crippen molar-refractivity contribution in [2.24, 2.45) is 46.3 Å². The molecule has 0 aliphatic heterocycles. The van der Waals surface area contributed by atoms with E-state index >= 15 is 0 Å². The second kappa shape index (κ2) is 8.95. The molecule has 4 aliphatic rings. The van der Waals surface area contributed by atoms with Crippen LogP contribution in [-0.2, 0) is 14.3 Å². The van der Waals surface area contributed by atoms with Gasteiger partial charge in [0.2, 0.25) is 0 Å². The van der Waals surface area contributed by atoms with E-state index in [4.69, 9.17) is 4.74 Å². The molecule has 0 bridgehead atoms. The van der Waals surface area contributed by atoms with Gasteiger partial charge in [-0.05, 0) is 118 Å². The Balaban J connectivity index is 1.44. The molecule has 0 saturated heterocycles. The molecule has 0 spiro atoms. The molecule has 188 valence electrons. The third-order valence-corrected chi connectivity index (χ3v) is 11.2. The smallest absolute Gasteiger partial charge is 0.303 e. The van der Waals surface area contributed by atoms with Crippen LogP contribution in [0.4, 0.5) is 0 Å². The minimum absolute atomic E-state index is 0.311. The van der Waals surface area contributed by atoms with E-state index in [0.29, 0.717) is 34.4 Å². The van der Waals surface area contributed by atoms with Crippen LogP contribution in [0.5, 0.6) is 0 Å². The first-order valence-corrected chi connectivity index (χ1v) is 13.8. The molecule has 4 saturated carbocycles. The first-order valence-electron chi connectivity index (χ1n) is 13.8. The molecule has 4 aliphatic carbocycles. The van der Waals surface area contributed by atoms with E-state index in [0.717, 1.165) is 49.9 Å². The van der Waals surface area contributed by atoms with E-state index in [1.807, 2.05) is 0 Å². The van der Waals surface area contributed by atoms with Gasteiger partial charge in [-0.25, -0.2) is 0 Å². The highest BCUT2D eigenvalue weighted by atomic mass is 16.6. The summed E-state index contributed by atoms with van der Waals surface area (Å²) in [6.45, 7) is 12.4. The summed E-state index contributed by atoms with van der Waals surface area (Å²) >= 11 is 0. The second-order valence-corrected chi connectivity index (χ2v) is 13.4. The van der Waals surface area contributed by atoms with Gasteiger partial charge in [0.05, 0.1) is 5.60 Å². The van der Waals surface area contributed by atoms with Crippen molar-refractivity contribution in [3.8, 4) is 0 Å². The lowest BCUT2D eigenvalue weighted by Gasteiger charge is -2.60. The van der Waals surface area contributed by atoms with Crippen molar-refractivity contribution in [1.29, 1.82) is 0 Å². The van der Waals surface area contributed by atoms with Gasteiger partial charge in [0.15, 0.2) is 0 Å². The van der Waals surface area contributed by atoms with E-state index < -0.39 is 11.7 Å². The highest BCUT2D eigenvalue weighted by Gasteiger charge is 2.60. The Labute approximate surface area is 201 Å². The molecule has 1 N–H and O–H groups in total. The zero-order chi connectivity index (χ0) is 24.2. The number of carbonyl (C=O) groups excluding carboxylic acids is 2. The zero-order valence-electron chi connectivity index (χ0n) is 22.0. The van der Waals surface area contributed by atoms with Crippen LogP contribution < -0.4 is 0 Å². The predicted octanol–water partition coefficient (Wildman–Crippen LogP) is 6.33. The standard InChI is InChI=1S/C29H48O4/c1-18(7-12-26(27(3,4)32)33-19(2)30)23-10-11-24-22-9-8-20-17-21(31)13-15-28(20,5)25(22)14-16-29(23,24)6/h18,20,22-26,32H,7-17H2,1-6H3/t18-,20-,22+,23-,24+,25+,26+,28+,29-/m1/s1. The third kappa shape index (κ3) is 4.55. The number of hydrogen-bond donors (Lipinski definition) is 1. The van der Waals surface area contributed by atoms with Crippen LogP contribution in [0.2, 0.25) is 0 Å². The minimum atomic E-state index is -1.01. The lowest BCUT2D eigenvalue weighted by molar-refractivity contribution is -0.160. The number of ether oxygens (including phenoxy) is 1. The molecule has 0 aromatic rings. The van der Waals surface area contributed by atoms with Gasteiger partial charge in [0.25, 0.3) is 0 Å². The molecule has 9 atom stereocenters. The van der Waals surface area contributed by atoms with Crippen molar-refractivity contribution >= 4 is 11.8 Å². The van der Waals surface area contributed by atoms with Crippen molar-refractivity contribution in [2.45, 2.75) is 124 Å². The maximum absolute atomic E-state index is 12.2. The molecular formula is C29H48O4. The lowest BCUT2D eigenvalue weighted by Crippen LogP contribution is -2.53. The molecule has 0 radical (unpaired) electrons. The van der Waals surface area contributed by atoms with Gasteiger partial charge in [-0.2, -0.15) is 0 Å². The average molecular weight is 461 g/mol. The van der Waals surface area contributed by atoms with Crippen LogP contribution in [0.3, 0.4) is 0 Å². The van der Waals surface area contributed by atoms with E-state index in [1.54, 1.807) is 13.8 Å². The Morgan fingerprint density at radius 1 is 1.06 bits per heavy atom. The van der Waals surface area contributed by atoms with Crippen molar-refractivity contribution < 1.29 is 19.4 Å². The van der Waals surface area contributed by atoms with Gasteiger partial charge >= 0.3 is 5.97 Å². The summed E-state index contributed by atoms with van der Waals surface area (Å²) in [6.07, 6.45) is 11.9. The molecule has 4 nitrogen and oxygen atoms in total. The number of hydrogen-bond acceptors (Lipinski definition) is 4. The number of rotatable bonds is 6. The SMILES string of the molecule is CC(=O)O[C@@H](CC[C@@H](C)[C@H]1CC[C@H]2[C@@H]3CC[C@@H]4CC(=O)CC[C@]4(C)[C@H]3CC[C@]12C)C(C)(C)O. The Hall–Kier alpha value is -0.900. The summed E-state index contributed by atoms with van der Waals surface area (Å²) in [5.41, 5.74) is -0.229. The number of fused-ring (bicyclic) bond motifs is 5. The largest absolute Gasteiger partial charge is 0.460 e. The van der Waals surface area contributed by atoms with Crippen molar-refractivity contribution in [3.63, 3.8) is 0 Å². The molecule has 4 fully saturated rings. The molecule has 0 heterocycles. The molecule has 33 heavy (non-hydrogen) atoms. The molecule has 0 aromatic heterocycles. The topological polar surface area (TPSA) is 63.6 Å². The summed E-state index contributed by atoms with van der Waals surface area (Å²) < 4.78 is 5.49. The molecule has 4 rings (SSSR count). The zero-order valence-corrected chi connectivity index (χ0v) is 22.0. The minimum Gasteiger partial charge on any atom is -0.460 e. The van der Waals surface area contributed by atoms with Gasteiger partial charge in [-0.3, -0.25) is 9.59 Å². The average Bonchev–Trinajstić information content (AvgIpc) is 3.07. The molecule has 0 aromatic carbocycles. The first-order chi connectivity index (χ1) is 15.4. The third-order valence-electron chi connectivity index (χ3n) is 11.2. The number of aliphatic hydroxyl groups is 1. The molecule has 0 amide bonds. The maximum atomic E-state index is 12.2. The monoisotopic (exact) mass is 460 g/mol. The van der Waals surface area contributed by atoms with Crippen LogP contribution in [-0.4, -0.2) is 28.6 Å². The fourth-order valence-electron chi connectivity index (χ4n) is 9.39.